The SMILES string of the molecule is CC(C)(C)c1ccc(C(=O)NCCC(=O)NNC(=O)Cc2ccc(F)cc2)cc1. The molecule has 0 aromatic heterocycles. The highest BCUT2D eigenvalue weighted by Gasteiger charge is 2.14. The zero-order valence-electron chi connectivity index (χ0n) is 16.8. The molecule has 3 N–H and O–H groups in total. The molecule has 0 saturated heterocycles. The number of carbonyl (C=O) groups excluding carboxylic acids is 3. The average Bonchev–Trinajstić information content (AvgIpc) is 2.67. The third-order valence-corrected chi connectivity index (χ3v) is 4.27. The van der Waals surface area contributed by atoms with E-state index >= 15 is 0 Å². The Morgan fingerprint density at radius 3 is 2.03 bits per heavy atom. The van der Waals surface area contributed by atoms with Gasteiger partial charge in [-0.1, -0.05) is 45.0 Å². The molecule has 0 unspecified atom stereocenters. The summed E-state index contributed by atoms with van der Waals surface area (Å²) < 4.78 is 12.8. The minimum Gasteiger partial charge on any atom is -0.352 e. The van der Waals surface area contributed by atoms with Crippen molar-refractivity contribution in [3.8, 4) is 0 Å². The molecule has 0 bridgehead atoms. The number of benzene rings is 2. The number of hydrogen-bond acceptors (Lipinski definition) is 3. The van der Waals surface area contributed by atoms with Crippen LogP contribution in [0.1, 0.15) is 48.7 Å². The van der Waals surface area contributed by atoms with Gasteiger partial charge in [-0.2, -0.15) is 0 Å². The van der Waals surface area contributed by atoms with Gasteiger partial charge in [-0.05, 0) is 40.8 Å². The minimum absolute atomic E-state index is 0.00816. The van der Waals surface area contributed by atoms with Crippen LogP contribution in [0, 0.1) is 5.82 Å². The molecule has 2 rings (SSSR count). The number of rotatable bonds is 6. The van der Waals surface area contributed by atoms with Crippen molar-refractivity contribution in [2.24, 2.45) is 0 Å². The number of carbonyl (C=O) groups is 3. The summed E-state index contributed by atoms with van der Waals surface area (Å²) in [5.41, 5.74) is 6.86. The fourth-order valence-electron chi connectivity index (χ4n) is 2.55. The maximum absolute atomic E-state index is 12.8. The van der Waals surface area contributed by atoms with Gasteiger partial charge in [0.2, 0.25) is 11.8 Å². The molecule has 0 radical (unpaired) electrons. The number of hydrogen-bond donors (Lipinski definition) is 3. The standard InChI is InChI=1S/C22H26FN3O3/c1-22(2,3)17-8-6-16(7-9-17)21(29)24-13-12-19(27)25-26-20(28)14-15-4-10-18(23)11-5-15/h4-11H,12-14H2,1-3H3,(H,24,29)(H,25,27)(H,26,28). The number of hydrazine groups is 1. The van der Waals surface area contributed by atoms with E-state index in [0.29, 0.717) is 11.1 Å². The number of amides is 3. The van der Waals surface area contributed by atoms with Crippen LogP contribution in [-0.2, 0) is 21.4 Å². The Labute approximate surface area is 169 Å². The van der Waals surface area contributed by atoms with E-state index in [4.69, 9.17) is 0 Å². The molecular weight excluding hydrogens is 373 g/mol. The Hall–Kier alpha value is -3.22. The normalized spacial score (nSPS) is 10.9. The Morgan fingerprint density at radius 1 is 0.862 bits per heavy atom. The molecule has 29 heavy (non-hydrogen) atoms. The first-order chi connectivity index (χ1) is 13.6. The zero-order valence-corrected chi connectivity index (χ0v) is 16.8. The highest BCUT2D eigenvalue weighted by Crippen LogP contribution is 2.22. The number of halogens is 1. The molecular formula is C22H26FN3O3. The van der Waals surface area contributed by atoms with Gasteiger partial charge in [-0.3, -0.25) is 25.2 Å². The Morgan fingerprint density at radius 2 is 1.45 bits per heavy atom. The average molecular weight is 399 g/mol. The fraction of sp³-hybridized carbons (Fsp3) is 0.318. The lowest BCUT2D eigenvalue weighted by Gasteiger charge is -2.19. The molecule has 154 valence electrons. The molecule has 0 fully saturated rings. The summed E-state index contributed by atoms with van der Waals surface area (Å²) in [5, 5.41) is 2.67. The molecule has 7 heteroatoms. The van der Waals surface area contributed by atoms with Crippen molar-refractivity contribution in [2.75, 3.05) is 6.54 Å². The highest BCUT2D eigenvalue weighted by molar-refractivity contribution is 5.94. The van der Waals surface area contributed by atoms with E-state index in [-0.39, 0.29) is 36.5 Å². The van der Waals surface area contributed by atoms with Gasteiger partial charge in [0.25, 0.3) is 5.91 Å². The van der Waals surface area contributed by atoms with Gasteiger partial charge < -0.3 is 5.32 Å². The summed E-state index contributed by atoms with van der Waals surface area (Å²) in [6.45, 7) is 6.43. The van der Waals surface area contributed by atoms with Crippen molar-refractivity contribution in [1.29, 1.82) is 0 Å². The van der Waals surface area contributed by atoms with Crippen LogP contribution in [0.5, 0.6) is 0 Å². The van der Waals surface area contributed by atoms with Crippen molar-refractivity contribution < 1.29 is 18.8 Å². The van der Waals surface area contributed by atoms with E-state index in [1.165, 1.54) is 24.3 Å². The molecule has 0 saturated carbocycles. The van der Waals surface area contributed by atoms with Gasteiger partial charge in [-0.25, -0.2) is 4.39 Å². The minimum atomic E-state index is -0.430. The second kappa shape index (κ2) is 9.82. The number of nitrogens with one attached hydrogen (secondary N) is 3. The summed E-state index contributed by atoms with van der Waals surface area (Å²) >= 11 is 0. The third-order valence-electron chi connectivity index (χ3n) is 4.27. The van der Waals surface area contributed by atoms with Crippen LogP contribution in [0.2, 0.25) is 0 Å². The summed E-state index contributed by atoms with van der Waals surface area (Å²) in [6.07, 6.45) is 0.0322. The molecule has 3 amide bonds. The molecule has 0 spiro atoms. The molecule has 0 aliphatic rings. The van der Waals surface area contributed by atoms with Crippen LogP contribution in [0.4, 0.5) is 4.39 Å². The van der Waals surface area contributed by atoms with Crippen LogP contribution in [0.15, 0.2) is 48.5 Å². The smallest absolute Gasteiger partial charge is 0.251 e. The Bertz CT molecular complexity index is 856. The molecule has 2 aromatic carbocycles. The van der Waals surface area contributed by atoms with Gasteiger partial charge in [0, 0.05) is 18.5 Å². The molecule has 0 aliphatic heterocycles. The van der Waals surface area contributed by atoms with Gasteiger partial charge in [0.1, 0.15) is 5.82 Å². The fourth-order valence-corrected chi connectivity index (χ4v) is 2.55. The van der Waals surface area contributed by atoms with Gasteiger partial charge in [0.05, 0.1) is 6.42 Å². The van der Waals surface area contributed by atoms with E-state index in [1.54, 1.807) is 12.1 Å². The van der Waals surface area contributed by atoms with Gasteiger partial charge in [0.15, 0.2) is 0 Å². The first-order valence-electron chi connectivity index (χ1n) is 9.36. The maximum atomic E-state index is 12.8. The van der Waals surface area contributed by atoms with Crippen molar-refractivity contribution in [1.82, 2.24) is 16.2 Å². The predicted molar refractivity (Wildman–Crippen MR) is 108 cm³/mol. The lowest BCUT2D eigenvalue weighted by molar-refractivity contribution is -0.128. The monoisotopic (exact) mass is 399 g/mol. The quantitative estimate of drug-likeness (QED) is 0.653. The second-order valence-electron chi connectivity index (χ2n) is 7.73. The van der Waals surface area contributed by atoms with Crippen LogP contribution in [0.3, 0.4) is 0 Å². The summed E-state index contributed by atoms with van der Waals surface area (Å²) in [6, 6.07) is 12.9. The Balaban J connectivity index is 1.69. The highest BCUT2D eigenvalue weighted by atomic mass is 19.1. The van der Waals surface area contributed by atoms with Crippen molar-refractivity contribution in [3.05, 3.63) is 71.0 Å². The molecule has 0 aliphatic carbocycles. The van der Waals surface area contributed by atoms with E-state index in [0.717, 1.165) is 5.56 Å². The van der Waals surface area contributed by atoms with Gasteiger partial charge in [-0.15, -0.1) is 0 Å². The van der Waals surface area contributed by atoms with Crippen molar-refractivity contribution in [2.45, 2.75) is 39.0 Å². The predicted octanol–water partition coefficient (Wildman–Crippen LogP) is 2.63. The summed E-state index contributed by atoms with van der Waals surface area (Å²) in [5.74, 6) is -1.50. The zero-order chi connectivity index (χ0) is 21.4. The summed E-state index contributed by atoms with van der Waals surface area (Å²) in [4.78, 5) is 35.7. The lowest BCUT2D eigenvalue weighted by Crippen LogP contribution is -2.43. The second-order valence-corrected chi connectivity index (χ2v) is 7.73. The molecule has 2 aromatic rings. The van der Waals surface area contributed by atoms with E-state index < -0.39 is 11.8 Å². The van der Waals surface area contributed by atoms with E-state index in [9.17, 15) is 18.8 Å². The topological polar surface area (TPSA) is 87.3 Å². The molecule has 6 nitrogen and oxygen atoms in total. The van der Waals surface area contributed by atoms with Crippen molar-refractivity contribution >= 4 is 17.7 Å². The molecule has 0 heterocycles. The first kappa shape index (κ1) is 22.1. The van der Waals surface area contributed by atoms with E-state index in [2.05, 4.69) is 36.9 Å². The first-order valence-corrected chi connectivity index (χ1v) is 9.36. The Kier molecular flexibility index (Phi) is 7.47. The molecule has 0 atom stereocenters. The third kappa shape index (κ3) is 7.37. The van der Waals surface area contributed by atoms with E-state index in [1.807, 2.05) is 12.1 Å². The van der Waals surface area contributed by atoms with Crippen molar-refractivity contribution in [3.63, 3.8) is 0 Å². The maximum Gasteiger partial charge on any atom is 0.251 e. The van der Waals surface area contributed by atoms with Crippen LogP contribution in [0.25, 0.3) is 0 Å². The van der Waals surface area contributed by atoms with Crippen LogP contribution < -0.4 is 16.2 Å². The van der Waals surface area contributed by atoms with Gasteiger partial charge >= 0.3 is 0 Å². The largest absolute Gasteiger partial charge is 0.352 e. The van der Waals surface area contributed by atoms with Crippen LogP contribution in [-0.4, -0.2) is 24.3 Å². The van der Waals surface area contributed by atoms with Crippen LogP contribution >= 0.6 is 0 Å². The lowest BCUT2D eigenvalue weighted by atomic mass is 9.87. The summed E-state index contributed by atoms with van der Waals surface area (Å²) in [7, 11) is 0.